The van der Waals surface area contributed by atoms with Crippen molar-refractivity contribution in [2.75, 3.05) is 11.5 Å². The minimum atomic E-state index is -0.193. The summed E-state index contributed by atoms with van der Waals surface area (Å²) in [5.41, 5.74) is 1.40. The molecule has 0 radical (unpaired) electrons. The lowest BCUT2D eigenvalue weighted by Crippen LogP contribution is -2.24. The summed E-state index contributed by atoms with van der Waals surface area (Å²) in [7, 11) is 0. The van der Waals surface area contributed by atoms with Gasteiger partial charge in [-0.3, -0.25) is 0 Å². The van der Waals surface area contributed by atoms with Crippen LogP contribution in [0.15, 0.2) is 30.3 Å². The zero-order chi connectivity index (χ0) is 12.8. The molecule has 3 heteroatoms. The molecular weight excluding hydrogens is 260 g/mol. The first kappa shape index (κ1) is 14.3. The quantitative estimate of drug-likeness (QED) is 0.887. The van der Waals surface area contributed by atoms with Crippen LogP contribution in [0, 0.1) is 5.92 Å². The monoisotopic (exact) mass is 282 g/mol. The Morgan fingerprint density at radius 1 is 1.22 bits per heavy atom. The number of benzene rings is 1. The van der Waals surface area contributed by atoms with Crippen LogP contribution in [-0.4, -0.2) is 27.3 Å². The summed E-state index contributed by atoms with van der Waals surface area (Å²) in [6.07, 6.45) is 3.15. The summed E-state index contributed by atoms with van der Waals surface area (Å²) in [5.74, 6) is 3.15. The second kappa shape index (κ2) is 7.46. The maximum atomic E-state index is 9.71. The van der Waals surface area contributed by atoms with Crippen molar-refractivity contribution in [2.24, 2.45) is 5.92 Å². The number of aliphatic hydroxyl groups excluding tert-OH is 1. The van der Waals surface area contributed by atoms with Crippen molar-refractivity contribution in [2.45, 2.75) is 36.9 Å². The first-order chi connectivity index (χ1) is 8.75. The highest BCUT2D eigenvalue weighted by Crippen LogP contribution is 2.39. The van der Waals surface area contributed by atoms with Crippen LogP contribution in [0.5, 0.6) is 0 Å². The maximum Gasteiger partial charge on any atom is 0.0534 e. The van der Waals surface area contributed by atoms with Gasteiger partial charge in [0, 0.05) is 0 Å². The predicted molar refractivity (Wildman–Crippen MR) is 83.3 cm³/mol. The number of hydrogen-bond donors (Lipinski definition) is 1. The van der Waals surface area contributed by atoms with E-state index in [1.807, 2.05) is 6.92 Å². The zero-order valence-corrected chi connectivity index (χ0v) is 12.6. The summed E-state index contributed by atoms with van der Waals surface area (Å²) in [6.45, 7) is 1.91. The Hall–Kier alpha value is -0.120. The van der Waals surface area contributed by atoms with Crippen molar-refractivity contribution >= 4 is 23.5 Å². The summed E-state index contributed by atoms with van der Waals surface area (Å²) >= 11 is 4.17. The van der Waals surface area contributed by atoms with Crippen molar-refractivity contribution in [1.29, 1.82) is 0 Å². The number of hydrogen-bond acceptors (Lipinski definition) is 3. The Labute approximate surface area is 119 Å². The van der Waals surface area contributed by atoms with Gasteiger partial charge in [0.2, 0.25) is 0 Å². The summed E-state index contributed by atoms with van der Waals surface area (Å²) in [6, 6.07) is 10.7. The van der Waals surface area contributed by atoms with Crippen LogP contribution in [-0.2, 0) is 6.42 Å². The van der Waals surface area contributed by atoms with Crippen molar-refractivity contribution in [3.05, 3.63) is 35.9 Å². The molecule has 0 bridgehead atoms. The molecule has 1 aliphatic heterocycles. The molecular formula is C15H22OS2. The minimum Gasteiger partial charge on any atom is -0.393 e. The van der Waals surface area contributed by atoms with E-state index in [1.54, 1.807) is 0 Å². The molecule has 0 aliphatic carbocycles. The van der Waals surface area contributed by atoms with Crippen molar-refractivity contribution in [1.82, 2.24) is 0 Å². The lowest BCUT2D eigenvalue weighted by molar-refractivity contribution is 0.163. The van der Waals surface area contributed by atoms with E-state index >= 15 is 0 Å². The second-order valence-corrected chi connectivity index (χ2v) is 7.80. The van der Waals surface area contributed by atoms with Gasteiger partial charge in [-0.15, -0.1) is 23.5 Å². The van der Waals surface area contributed by atoms with Gasteiger partial charge in [0.05, 0.1) is 10.7 Å². The van der Waals surface area contributed by atoms with E-state index in [1.165, 1.54) is 23.5 Å². The fourth-order valence-electron chi connectivity index (χ4n) is 2.42. The summed E-state index contributed by atoms with van der Waals surface area (Å²) in [4.78, 5) is 0. The molecule has 0 aromatic heterocycles. The molecule has 1 nitrogen and oxygen atoms in total. The number of aliphatic hydroxyl groups is 1. The van der Waals surface area contributed by atoms with Crippen LogP contribution in [0.25, 0.3) is 0 Å². The standard InChI is InChI=1S/C15H22OS2/c1-12(16)10-14(15-17-8-5-9-18-15)11-13-6-3-2-4-7-13/h2-4,6-7,12,14-16H,5,8-11H2,1H3. The minimum absolute atomic E-state index is 0.193. The second-order valence-electron chi connectivity index (χ2n) is 5.00. The van der Waals surface area contributed by atoms with Gasteiger partial charge >= 0.3 is 0 Å². The van der Waals surface area contributed by atoms with Gasteiger partial charge in [-0.05, 0) is 49.2 Å². The van der Waals surface area contributed by atoms with Gasteiger partial charge < -0.3 is 5.11 Å². The van der Waals surface area contributed by atoms with Crippen molar-refractivity contribution in [3.8, 4) is 0 Å². The van der Waals surface area contributed by atoms with Crippen LogP contribution < -0.4 is 0 Å². The van der Waals surface area contributed by atoms with Crippen LogP contribution >= 0.6 is 23.5 Å². The van der Waals surface area contributed by atoms with Crippen LogP contribution in [0.4, 0.5) is 0 Å². The molecule has 1 heterocycles. The largest absolute Gasteiger partial charge is 0.393 e. The molecule has 100 valence electrons. The highest BCUT2D eigenvalue weighted by atomic mass is 32.2. The Morgan fingerprint density at radius 2 is 1.89 bits per heavy atom. The lowest BCUT2D eigenvalue weighted by Gasteiger charge is -2.30. The summed E-state index contributed by atoms with van der Waals surface area (Å²) in [5, 5.41) is 9.71. The Bertz CT molecular complexity index is 334. The molecule has 2 unspecified atom stereocenters. The van der Waals surface area contributed by atoms with E-state index in [9.17, 15) is 5.11 Å². The molecule has 1 N–H and O–H groups in total. The molecule has 1 aliphatic rings. The first-order valence-corrected chi connectivity index (χ1v) is 8.80. The Balaban J connectivity index is 1.99. The van der Waals surface area contributed by atoms with Crippen LogP contribution in [0.3, 0.4) is 0 Å². The molecule has 1 aromatic carbocycles. The smallest absolute Gasteiger partial charge is 0.0534 e. The molecule has 2 rings (SSSR count). The normalized spacial score (nSPS) is 20.6. The molecule has 0 saturated carbocycles. The maximum absolute atomic E-state index is 9.71. The topological polar surface area (TPSA) is 20.2 Å². The number of thioether (sulfide) groups is 2. The number of rotatable bonds is 5. The van der Waals surface area contributed by atoms with Crippen LogP contribution in [0.2, 0.25) is 0 Å². The van der Waals surface area contributed by atoms with Gasteiger partial charge in [0.25, 0.3) is 0 Å². The Morgan fingerprint density at radius 3 is 2.50 bits per heavy atom. The summed E-state index contributed by atoms with van der Waals surface area (Å²) < 4.78 is 0.661. The average molecular weight is 282 g/mol. The van der Waals surface area contributed by atoms with Gasteiger partial charge in [-0.1, -0.05) is 30.3 Å². The first-order valence-electron chi connectivity index (χ1n) is 6.71. The molecule has 1 aromatic rings. The van der Waals surface area contributed by atoms with Crippen molar-refractivity contribution < 1.29 is 5.11 Å². The van der Waals surface area contributed by atoms with Crippen molar-refractivity contribution in [3.63, 3.8) is 0 Å². The fourth-order valence-corrected chi connectivity index (χ4v) is 5.61. The third-order valence-electron chi connectivity index (χ3n) is 3.22. The SMILES string of the molecule is CC(O)CC(Cc1ccccc1)C1SCCCS1. The molecule has 0 amide bonds. The van der Waals surface area contributed by atoms with Crippen LogP contribution in [0.1, 0.15) is 25.3 Å². The van der Waals surface area contributed by atoms with Gasteiger partial charge in [0.15, 0.2) is 0 Å². The van der Waals surface area contributed by atoms with E-state index in [2.05, 4.69) is 53.9 Å². The average Bonchev–Trinajstić information content (AvgIpc) is 2.40. The highest BCUT2D eigenvalue weighted by molar-refractivity contribution is 8.17. The lowest BCUT2D eigenvalue weighted by atomic mass is 9.95. The van der Waals surface area contributed by atoms with E-state index < -0.39 is 0 Å². The van der Waals surface area contributed by atoms with E-state index in [0.717, 1.165) is 12.8 Å². The molecule has 1 saturated heterocycles. The molecule has 1 fully saturated rings. The van der Waals surface area contributed by atoms with E-state index in [4.69, 9.17) is 0 Å². The van der Waals surface area contributed by atoms with Gasteiger partial charge in [-0.2, -0.15) is 0 Å². The van der Waals surface area contributed by atoms with E-state index in [0.29, 0.717) is 10.5 Å². The molecule has 2 atom stereocenters. The molecule has 0 spiro atoms. The highest BCUT2D eigenvalue weighted by Gasteiger charge is 2.26. The third-order valence-corrected chi connectivity index (χ3v) is 6.51. The van der Waals surface area contributed by atoms with E-state index in [-0.39, 0.29) is 6.10 Å². The van der Waals surface area contributed by atoms with Gasteiger partial charge in [-0.25, -0.2) is 0 Å². The molecule has 18 heavy (non-hydrogen) atoms. The third kappa shape index (κ3) is 4.52. The zero-order valence-electron chi connectivity index (χ0n) is 10.9. The Kier molecular flexibility index (Phi) is 5.93. The van der Waals surface area contributed by atoms with Gasteiger partial charge in [0.1, 0.15) is 0 Å². The fraction of sp³-hybridized carbons (Fsp3) is 0.600. The predicted octanol–water partition coefficient (Wildman–Crippen LogP) is 3.81.